The summed E-state index contributed by atoms with van der Waals surface area (Å²) in [5, 5.41) is 4.09. The zero-order valence-electron chi connectivity index (χ0n) is 11.8. The summed E-state index contributed by atoms with van der Waals surface area (Å²) in [7, 11) is 0. The van der Waals surface area contributed by atoms with Crippen LogP contribution in [-0.4, -0.2) is 29.3 Å². The van der Waals surface area contributed by atoms with E-state index in [9.17, 15) is 0 Å². The number of hydrogen-bond acceptors (Lipinski definition) is 5. The molecule has 0 radical (unpaired) electrons. The molecule has 2 heterocycles. The van der Waals surface area contributed by atoms with Crippen molar-refractivity contribution in [2.24, 2.45) is 0 Å². The van der Waals surface area contributed by atoms with E-state index >= 15 is 0 Å². The number of rotatable bonds is 4. The van der Waals surface area contributed by atoms with E-state index in [0.717, 1.165) is 36.3 Å². The molecule has 1 aromatic heterocycles. The molecule has 5 heteroatoms. The Kier molecular flexibility index (Phi) is 3.78. The number of nitrogens with one attached hydrogen (secondary N) is 1. The van der Waals surface area contributed by atoms with Gasteiger partial charge in [-0.1, -0.05) is 30.0 Å². The van der Waals surface area contributed by atoms with Crippen LogP contribution >= 0.6 is 11.8 Å². The Morgan fingerprint density at radius 2 is 2.15 bits per heavy atom. The lowest BCUT2D eigenvalue weighted by atomic mass is 10.2. The van der Waals surface area contributed by atoms with E-state index in [1.165, 1.54) is 11.3 Å². The highest BCUT2D eigenvalue weighted by Gasteiger charge is 2.21. The maximum Gasteiger partial charge on any atom is 0.191 e. The Morgan fingerprint density at radius 1 is 1.30 bits per heavy atom. The Morgan fingerprint density at radius 3 is 2.95 bits per heavy atom. The Labute approximate surface area is 123 Å². The van der Waals surface area contributed by atoms with Gasteiger partial charge in [0.25, 0.3) is 0 Å². The van der Waals surface area contributed by atoms with E-state index in [1.54, 1.807) is 11.8 Å². The van der Waals surface area contributed by atoms with Crippen molar-refractivity contribution in [2.45, 2.75) is 18.5 Å². The predicted molar refractivity (Wildman–Crippen MR) is 85.1 cm³/mol. The molecule has 1 N–H and O–H groups in total. The Hall–Kier alpha value is -1.75. The van der Waals surface area contributed by atoms with Crippen LogP contribution in [0.5, 0.6) is 0 Å². The van der Waals surface area contributed by atoms with Gasteiger partial charge in [0.15, 0.2) is 5.16 Å². The van der Waals surface area contributed by atoms with Crippen molar-refractivity contribution in [2.75, 3.05) is 29.6 Å². The number of benzene rings is 1. The van der Waals surface area contributed by atoms with Gasteiger partial charge in [-0.15, -0.1) is 0 Å². The molecule has 4 nitrogen and oxygen atoms in total. The molecule has 20 heavy (non-hydrogen) atoms. The lowest BCUT2D eigenvalue weighted by Crippen LogP contribution is -2.16. The molecular weight excluding hydrogens is 268 g/mol. The monoisotopic (exact) mass is 286 g/mol. The highest BCUT2D eigenvalue weighted by atomic mass is 32.2. The number of thioether (sulfide) groups is 1. The van der Waals surface area contributed by atoms with Gasteiger partial charge in [-0.05, 0) is 31.2 Å². The third-order valence-corrected chi connectivity index (χ3v) is 3.94. The number of anilines is 3. The van der Waals surface area contributed by atoms with Crippen molar-refractivity contribution in [3.63, 3.8) is 0 Å². The van der Waals surface area contributed by atoms with Gasteiger partial charge in [0.2, 0.25) is 0 Å². The SMILES string of the molecule is CCNc1cc(N2CCc3ccccc32)nc(SC)n1. The zero-order chi connectivity index (χ0) is 13.9. The van der Waals surface area contributed by atoms with Crippen molar-refractivity contribution in [1.82, 2.24) is 9.97 Å². The molecule has 0 atom stereocenters. The molecule has 104 valence electrons. The Bertz CT molecular complexity index is 615. The standard InChI is InChI=1S/C15H18N4S/c1-3-16-13-10-14(18-15(17-13)20-2)19-9-8-11-6-4-5-7-12(11)19/h4-7,10H,3,8-9H2,1-2H3,(H,16,17,18). The average Bonchev–Trinajstić information content (AvgIpc) is 2.91. The molecule has 0 bridgehead atoms. The van der Waals surface area contributed by atoms with E-state index in [-0.39, 0.29) is 0 Å². The van der Waals surface area contributed by atoms with Gasteiger partial charge in [0.05, 0.1) is 0 Å². The third kappa shape index (κ3) is 2.45. The maximum absolute atomic E-state index is 4.65. The molecule has 0 aliphatic carbocycles. The molecule has 3 rings (SSSR count). The van der Waals surface area contributed by atoms with Crippen LogP contribution in [0.4, 0.5) is 17.3 Å². The lowest BCUT2D eigenvalue weighted by molar-refractivity contribution is 0.907. The van der Waals surface area contributed by atoms with Gasteiger partial charge in [0, 0.05) is 24.8 Å². The third-order valence-electron chi connectivity index (χ3n) is 3.40. The highest BCUT2D eigenvalue weighted by Crippen LogP contribution is 2.34. The average molecular weight is 286 g/mol. The first-order valence-electron chi connectivity index (χ1n) is 6.84. The summed E-state index contributed by atoms with van der Waals surface area (Å²) in [5.41, 5.74) is 2.66. The lowest BCUT2D eigenvalue weighted by Gasteiger charge is -2.19. The van der Waals surface area contributed by atoms with Crippen LogP contribution < -0.4 is 10.2 Å². The van der Waals surface area contributed by atoms with E-state index in [4.69, 9.17) is 0 Å². The second-order valence-electron chi connectivity index (χ2n) is 4.66. The molecule has 1 aliphatic rings. The number of fused-ring (bicyclic) bond motifs is 1. The summed E-state index contributed by atoms with van der Waals surface area (Å²) in [6.45, 7) is 3.92. The van der Waals surface area contributed by atoms with Gasteiger partial charge in [-0.25, -0.2) is 9.97 Å². The van der Waals surface area contributed by atoms with E-state index in [1.807, 2.05) is 12.3 Å². The van der Waals surface area contributed by atoms with Crippen LogP contribution in [0.1, 0.15) is 12.5 Å². The van der Waals surface area contributed by atoms with Gasteiger partial charge in [-0.3, -0.25) is 0 Å². The van der Waals surface area contributed by atoms with Crippen LogP contribution in [-0.2, 0) is 6.42 Å². The highest BCUT2D eigenvalue weighted by molar-refractivity contribution is 7.98. The van der Waals surface area contributed by atoms with Crippen LogP contribution in [0, 0.1) is 0 Å². The quantitative estimate of drug-likeness (QED) is 0.689. The first kappa shape index (κ1) is 13.2. The summed E-state index contributed by atoms with van der Waals surface area (Å²) in [6, 6.07) is 10.6. The molecule has 1 aromatic carbocycles. The fourth-order valence-electron chi connectivity index (χ4n) is 2.49. The van der Waals surface area contributed by atoms with E-state index in [2.05, 4.69) is 51.4 Å². The summed E-state index contributed by atoms with van der Waals surface area (Å²) in [6.07, 6.45) is 3.08. The zero-order valence-corrected chi connectivity index (χ0v) is 12.6. The van der Waals surface area contributed by atoms with Crippen molar-refractivity contribution in [3.8, 4) is 0 Å². The minimum absolute atomic E-state index is 0.808. The van der Waals surface area contributed by atoms with Crippen molar-refractivity contribution < 1.29 is 0 Å². The van der Waals surface area contributed by atoms with Crippen LogP contribution in [0.25, 0.3) is 0 Å². The smallest absolute Gasteiger partial charge is 0.191 e. The molecule has 1 aliphatic heterocycles. The molecule has 0 spiro atoms. The molecule has 0 amide bonds. The fourth-order valence-corrected chi connectivity index (χ4v) is 2.86. The molecular formula is C15H18N4S. The molecule has 0 saturated heterocycles. The number of para-hydroxylation sites is 1. The summed E-state index contributed by atoms with van der Waals surface area (Å²) in [5.74, 6) is 1.87. The van der Waals surface area contributed by atoms with E-state index < -0.39 is 0 Å². The molecule has 0 unspecified atom stereocenters. The van der Waals surface area contributed by atoms with Crippen LogP contribution in [0.3, 0.4) is 0 Å². The molecule has 0 fully saturated rings. The van der Waals surface area contributed by atoms with Gasteiger partial charge < -0.3 is 10.2 Å². The number of nitrogens with zero attached hydrogens (tertiary/aromatic N) is 3. The molecule has 2 aromatic rings. The summed E-state index contributed by atoms with van der Waals surface area (Å²) < 4.78 is 0. The van der Waals surface area contributed by atoms with Crippen molar-refractivity contribution in [1.29, 1.82) is 0 Å². The molecule has 0 saturated carbocycles. The van der Waals surface area contributed by atoms with Crippen LogP contribution in [0.15, 0.2) is 35.5 Å². The maximum atomic E-state index is 4.65. The minimum Gasteiger partial charge on any atom is -0.370 e. The van der Waals surface area contributed by atoms with Crippen molar-refractivity contribution in [3.05, 3.63) is 35.9 Å². The van der Waals surface area contributed by atoms with Gasteiger partial charge in [-0.2, -0.15) is 0 Å². The number of aromatic nitrogens is 2. The van der Waals surface area contributed by atoms with Crippen molar-refractivity contribution >= 4 is 29.1 Å². The van der Waals surface area contributed by atoms with Crippen LogP contribution in [0.2, 0.25) is 0 Å². The summed E-state index contributed by atoms with van der Waals surface area (Å²) >= 11 is 1.57. The summed E-state index contributed by atoms with van der Waals surface area (Å²) in [4.78, 5) is 11.4. The second-order valence-corrected chi connectivity index (χ2v) is 5.43. The Balaban J connectivity index is 2.00. The van der Waals surface area contributed by atoms with Gasteiger partial charge in [0.1, 0.15) is 11.6 Å². The fraction of sp³-hybridized carbons (Fsp3) is 0.333. The van der Waals surface area contributed by atoms with Gasteiger partial charge >= 0.3 is 0 Å². The first-order chi connectivity index (χ1) is 9.81. The minimum atomic E-state index is 0.808. The largest absolute Gasteiger partial charge is 0.370 e. The van der Waals surface area contributed by atoms with E-state index in [0.29, 0.717) is 0 Å². The topological polar surface area (TPSA) is 41.0 Å². The number of hydrogen-bond donors (Lipinski definition) is 1. The first-order valence-corrected chi connectivity index (χ1v) is 8.06. The predicted octanol–water partition coefficient (Wildman–Crippen LogP) is 3.32. The second kappa shape index (κ2) is 5.71. The normalized spacial score (nSPS) is 13.4.